The van der Waals surface area contributed by atoms with Gasteiger partial charge < -0.3 is 4.74 Å². The van der Waals surface area contributed by atoms with Crippen LogP contribution in [0.3, 0.4) is 0 Å². The van der Waals surface area contributed by atoms with E-state index in [1.807, 2.05) is 0 Å². The van der Waals surface area contributed by atoms with Crippen LogP contribution in [0.15, 0.2) is 18.2 Å². The number of fused-ring (bicyclic) bond motifs is 1. The molecule has 0 aromatic heterocycles. The summed E-state index contributed by atoms with van der Waals surface area (Å²) in [6, 6.07) is 7.04. The molecule has 2 aliphatic rings. The average Bonchev–Trinajstić information content (AvgIpc) is 2.95. The summed E-state index contributed by atoms with van der Waals surface area (Å²) < 4.78 is 5.67. The van der Waals surface area contributed by atoms with E-state index < -0.39 is 0 Å². The van der Waals surface area contributed by atoms with Gasteiger partial charge in [-0.25, -0.2) is 0 Å². The molecule has 2 heteroatoms. The van der Waals surface area contributed by atoms with Crippen molar-refractivity contribution in [3.63, 3.8) is 0 Å². The largest absolute Gasteiger partial charge is 0.378 e. The summed E-state index contributed by atoms with van der Waals surface area (Å²) >= 11 is 3.88. The Balaban J connectivity index is 1.83. The smallest absolute Gasteiger partial charge is 0.0589 e. The maximum Gasteiger partial charge on any atom is 0.0589 e. The van der Waals surface area contributed by atoms with Gasteiger partial charge in [-0.1, -0.05) is 34.1 Å². The Kier molecular flexibility index (Phi) is 3.27. The normalized spacial score (nSPS) is 29.3. The molecule has 0 saturated carbocycles. The van der Waals surface area contributed by atoms with Gasteiger partial charge in [0, 0.05) is 17.4 Å². The molecule has 0 amide bonds. The van der Waals surface area contributed by atoms with Gasteiger partial charge in [-0.05, 0) is 49.3 Å². The number of halogens is 1. The molecule has 0 bridgehead atoms. The van der Waals surface area contributed by atoms with E-state index in [1.165, 1.54) is 31.2 Å². The maximum atomic E-state index is 5.67. The van der Waals surface area contributed by atoms with E-state index in [0.717, 1.165) is 6.61 Å². The number of alkyl halides is 1. The molecule has 3 atom stereocenters. The van der Waals surface area contributed by atoms with Crippen molar-refractivity contribution < 1.29 is 4.74 Å². The fourth-order valence-corrected chi connectivity index (χ4v) is 4.12. The van der Waals surface area contributed by atoms with Crippen LogP contribution in [0.1, 0.15) is 41.3 Å². The minimum absolute atomic E-state index is 0.382. The highest BCUT2D eigenvalue weighted by Crippen LogP contribution is 2.40. The van der Waals surface area contributed by atoms with Gasteiger partial charge in [-0.15, -0.1) is 0 Å². The Morgan fingerprint density at radius 3 is 2.88 bits per heavy atom. The topological polar surface area (TPSA) is 9.23 Å². The van der Waals surface area contributed by atoms with Crippen LogP contribution in [-0.2, 0) is 17.6 Å². The van der Waals surface area contributed by atoms with Crippen LogP contribution in [0, 0.1) is 5.92 Å². The highest BCUT2D eigenvalue weighted by Gasteiger charge is 2.31. The molecule has 1 aliphatic heterocycles. The van der Waals surface area contributed by atoms with Gasteiger partial charge in [0.05, 0.1) is 6.10 Å². The summed E-state index contributed by atoms with van der Waals surface area (Å²) in [5.74, 6) is 0.620. The maximum absolute atomic E-state index is 5.67. The molecule has 17 heavy (non-hydrogen) atoms. The van der Waals surface area contributed by atoms with E-state index in [9.17, 15) is 0 Å². The first-order chi connectivity index (χ1) is 8.25. The Bertz CT molecular complexity index is 415. The summed E-state index contributed by atoms with van der Waals surface area (Å²) in [6.07, 6.45) is 5.42. The van der Waals surface area contributed by atoms with Gasteiger partial charge in [-0.3, -0.25) is 0 Å². The quantitative estimate of drug-likeness (QED) is 0.748. The first-order valence-electron chi connectivity index (χ1n) is 6.63. The fraction of sp³-hybridized carbons (Fsp3) is 0.600. The van der Waals surface area contributed by atoms with Gasteiger partial charge >= 0.3 is 0 Å². The molecular formula is C15H19BrO. The van der Waals surface area contributed by atoms with Crippen molar-refractivity contribution in [1.29, 1.82) is 0 Å². The van der Waals surface area contributed by atoms with Crippen LogP contribution in [0.2, 0.25) is 0 Å². The lowest BCUT2D eigenvalue weighted by molar-refractivity contribution is 0.105. The lowest BCUT2D eigenvalue weighted by Gasteiger charge is -2.21. The van der Waals surface area contributed by atoms with Crippen LogP contribution in [0.5, 0.6) is 0 Å². The standard InChI is InChI=1S/C15H19BrO/c1-10-14(7-8-17-10)15(16)13-6-5-11-3-2-4-12(11)9-13/h5-6,9-10,14-15H,2-4,7-8H2,1H3. The predicted octanol–water partition coefficient (Wildman–Crippen LogP) is 4.04. The third-order valence-corrected chi connectivity index (χ3v) is 5.46. The van der Waals surface area contributed by atoms with Crippen molar-refractivity contribution >= 4 is 15.9 Å². The fourth-order valence-electron chi connectivity index (χ4n) is 3.14. The minimum atomic E-state index is 0.382. The second-order valence-electron chi connectivity index (χ2n) is 5.31. The molecule has 0 radical (unpaired) electrons. The average molecular weight is 295 g/mol. The Morgan fingerprint density at radius 2 is 2.12 bits per heavy atom. The van der Waals surface area contributed by atoms with Crippen LogP contribution >= 0.6 is 15.9 Å². The van der Waals surface area contributed by atoms with Crippen molar-refractivity contribution in [3.05, 3.63) is 34.9 Å². The van der Waals surface area contributed by atoms with Crippen molar-refractivity contribution in [2.45, 2.75) is 43.5 Å². The highest BCUT2D eigenvalue weighted by molar-refractivity contribution is 9.09. The summed E-state index contributed by atoms with van der Waals surface area (Å²) in [6.45, 7) is 3.11. The summed E-state index contributed by atoms with van der Waals surface area (Å²) in [5, 5.41) is 0. The van der Waals surface area contributed by atoms with Crippen LogP contribution in [0.4, 0.5) is 0 Å². The predicted molar refractivity (Wildman–Crippen MR) is 73.7 cm³/mol. The van der Waals surface area contributed by atoms with Crippen LogP contribution in [-0.4, -0.2) is 12.7 Å². The van der Waals surface area contributed by atoms with E-state index in [1.54, 1.807) is 11.1 Å². The number of hydrogen-bond acceptors (Lipinski definition) is 1. The molecule has 0 N–H and O–H groups in total. The second-order valence-corrected chi connectivity index (χ2v) is 6.30. The molecule has 1 aromatic rings. The third kappa shape index (κ3) is 2.17. The van der Waals surface area contributed by atoms with E-state index in [4.69, 9.17) is 4.74 Å². The van der Waals surface area contributed by atoms with Crippen molar-refractivity contribution in [2.24, 2.45) is 5.92 Å². The molecular weight excluding hydrogens is 276 g/mol. The first kappa shape index (κ1) is 11.7. The molecule has 1 fully saturated rings. The zero-order chi connectivity index (χ0) is 11.8. The lowest BCUT2D eigenvalue weighted by atomic mass is 9.92. The SMILES string of the molecule is CC1OCCC1C(Br)c1ccc2c(c1)CCC2. The van der Waals surface area contributed by atoms with Gasteiger partial charge in [0.2, 0.25) is 0 Å². The Hall–Kier alpha value is -0.340. The molecule has 1 aliphatic carbocycles. The minimum Gasteiger partial charge on any atom is -0.378 e. The number of rotatable bonds is 2. The van der Waals surface area contributed by atoms with Crippen molar-refractivity contribution in [2.75, 3.05) is 6.61 Å². The third-order valence-electron chi connectivity index (χ3n) is 4.25. The summed E-state index contributed by atoms with van der Waals surface area (Å²) in [7, 11) is 0. The molecule has 1 saturated heterocycles. The zero-order valence-corrected chi connectivity index (χ0v) is 11.9. The lowest BCUT2D eigenvalue weighted by Crippen LogP contribution is -2.16. The highest BCUT2D eigenvalue weighted by atomic mass is 79.9. The molecule has 0 spiro atoms. The van der Waals surface area contributed by atoms with E-state index in [0.29, 0.717) is 16.8 Å². The van der Waals surface area contributed by atoms with E-state index >= 15 is 0 Å². The van der Waals surface area contributed by atoms with Gasteiger partial charge in [0.25, 0.3) is 0 Å². The second kappa shape index (κ2) is 4.74. The van der Waals surface area contributed by atoms with E-state index in [2.05, 4.69) is 41.1 Å². The van der Waals surface area contributed by atoms with Crippen LogP contribution in [0.25, 0.3) is 0 Å². The van der Waals surface area contributed by atoms with Gasteiger partial charge in [-0.2, -0.15) is 0 Å². The molecule has 1 aromatic carbocycles. The van der Waals surface area contributed by atoms with Gasteiger partial charge in [0.15, 0.2) is 0 Å². The summed E-state index contributed by atoms with van der Waals surface area (Å²) in [4.78, 5) is 0.450. The Labute approximate surface area is 112 Å². The number of aryl methyl sites for hydroxylation is 2. The number of ether oxygens (including phenoxy) is 1. The van der Waals surface area contributed by atoms with Crippen LogP contribution < -0.4 is 0 Å². The molecule has 1 heterocycles. The Morgan fingerprint density at radius 1 is 1.29 bits per heavy atom. The van der Waals surface area contributed by atoms with Crippen molar-refractivity contribution in [1.82, 2.24) is 0 Å². The van der Waals surface area contributed by atoms with Gasteiger partial charge in [0.1, 0.15) is 0 Å². The summed E-state index contributed by atoms with van der Waals surface area (Å²) in [5.41, 5.74) is 4.57. The number of benzene rings is 1. The molecule has 92 valence electrons. The number of hydrogen-bond donors (Lipinski definition) is 0. The first-order valence-corrected chi connectivity index (χ1v) is 7.54. The monoisotopic (exact) mass is 294 g/mol. The van der Waals surface area contributed by atoms with E-state index in [-0.39, 0.29) is 0 Å². The van der Waals surface area contributed by atoms with Crippen molar-refractivity contribution in [3.8, 4) is 0 Å². The molecule has 3 unspecified atom stereocenters. The molecule has 3 rings (SSSR count). The zero-order valence-electron chi connectivity index (χ0n) is 10.3. The molecule has 1 nitrogen and oxygen atoms in total.